The smallest absolute Gasteiger partial charge is 0.128 e. The van der Waals surface area contributed by atoms with Crippen molar-refractivity contribution in [3.63, 3.8) is 0 Å². The fraction of sp³-hybridized carbons (Fsp3) is 0.226. The second-order valence-corrected chi connectivity index (χ2v) is 16.5. The Bertz CT molecular complexity index is 2290. The zero-order chi connectivity index (χ0) is 51.5. The maximum atomic E-state index is 4.08. The molecule has 0 aliphatic heterocycles. The minimum Gasteiger partial charge on any atom is -0.264 e. The molecule has 0 aliphatic carbocycles. The van der Waals surface area contributed by atoms with Gasteiger partial charge in [0.2, 0.25) is 0 Å². The number of hydrogen-bond acceptors (Lipinski definition) is 17. The topological polar surface area (TPSA) is 193 Å². The van der Waals surface area contributed by atoms with Crippen LogP contribution in [0, 0.1) is 83.1 Å². The van der Waals surface area contributed by atoms with Crippen molar-refractivity contribution >= 4 is 22.7 Å². The molecular formula is C53H65N15S2. The van der Waals surface area contributed by atoms with Crippen LogP contribution in [0.2, 0.25) is 0 Å². The average Bonchev–Trinajstić information content (AvgIpc) is 4.06. The lowest BCUT2D eigenvalue weighted by Gasteiger charge is -1.92. The molecule has 0 atom stereocenters. The van der Waals surface area contributed by atoms with Crippen molar-refractivity contribution in [3.05, 3.63) is 244 Å². The summed E-state index contributed by atoms with van der Waals surface area (Å²) in [6.07, 6.45) is 29.3. The molecule has 0 saturated carbocycles. The van der Waals surface area contributed by atoms with E-state index >= 15 is 0 Å². The SMILES string of the molecule is Cc1ccccn1.Cc1cccnc1.Cc1cccnc1C.Cc1ccncn1.Cc1cncc(C)c1.Cc1cncnc1.Cc1cncs1.Cc1ncccn1.Cc1nccs1.Cc1ncncn1. The number of rotatable bonds is 0. The standard InChI is InChI=1S/2C7H9N.2C6H7N.3C5H6N2.C4H5N3.2C4H5NS/c1-6-3-7(2)5-8-4-6;1-6-4-3-5-8-7(6)2;1-6-3-2-4-7-5-6;1-6-4-2-3-5-7-6;1-5-2-6-4-7-3-5;1-5-2-3-6-4-7-5;1-5-6-3-2-4-7-5;1-4-6-2-5-3-7-4;1-4-2-5-3-6-4;1-4-5-2-3-6-4/h2*3-5H,1-2H3;2*2-5H,1H3;3*2-4H,1H3;2-3H,1H3;2*2-3H,1H3. The van der Waals surface area contributed by atoms with E-state index in [4.69, 9.17) is 0 Å². The molecule has 0 radical (unpaired) electrons. The van der Waals surface area contributed by atoms with Gasteiger partial charge in [0.15, 0.2) is 0 Å². The van der Waals surface area contributed by atoms with Crippen molar-refractivity contribution in [1.29, 1.82) is 0 Å². The fourth-order valence-electron chi connectivity index (χ4n) is 4.14. The van der Waals surface area contributed by atoms with E-state index in [1.165, 1.54) is 52.4 Å². The maximum absolute atomic E-state index is 4.08. The lowest BCUT2D eigenvalue weighted by Crippen LogP contribution is -1.84. The van der Waals surface area contributed by atoms with Gasteiger partial charge in [-0.05, 0) is 147 Å². The van der Waals surface area contributed by atoms with E-state index in [0.29, 0.717) is 0 Å². The molecule has 10 rings (SSSR count). The summed E-state index contributed by atoms with van der Waals surface area (Å²) in [5.41, 5.74) is 11.0. The molecule has 10 aromatic rings. The van der Waals surface area contributed by atoms with Gasteiger partial charge in [-0.1, -0.05) is 24.3 Å². The number of pyridine rings is 4. The second-order valence-electron chi connectivity index (χ2n) is 14.4. The third kappa shape index (κ3) is 37.2. The molecule has 17 heteroatoms. The van der Waals surface area contributed by atoms with Gasteiger partial charge in [-0.2, -0.15) is 0 Å². The van der Waals surface area contributed by atoms with Crippen LogP contribution in [-0.4, -0.2) is 74.8 Å². The Morgan fingerprint density at radius 2 is 0.943 bits per heavy atom. The van der Waals surface area contributed by atoms with Crippen molar-refractivity contribution in [2.45, 2.75) is 83.1 Å². The van der Waals surface area contributed by atoms with Crippen LogP contribution < -0.4 is 0 Å². The fourth-order valence-corrected chi connectivity index (χ4v) is 4.99. The summed E-state index contributed by atoms with van der Waals surface area (Å²) in [5, 5.41) is 3.10. The van der Waals surface area contributed by atoms with Crippen molar-refractivity contribution in [1.82, 2.24) is 74.8 Å². The second kappa shape index (κ2) is 40.2. The molecule has 0 aliphatic rings. The molecule has 0 amide bonds. The van der Waals surface area contributed by atoms with Crippen LogP contribution in [0.5, 0.6) is 0 Å². The largest absolute Gasteiger partial charge is 0.264 e. The molecule has 10 heterocycles. The van der Waals surface area contributed by atoms with Crippen LogP contribution >= 0.6 is 22.7 Å². The van der Waals surface area contributed by atoms with Crippen LogP contribution in [0.4, 0.5) is 0 Å². The van der Waals surface area contributed by atoms with Gasteiger partial charge in [-0.25, -0.2) is 44.9 Å². The van der Waals surface area contributed by atoms with E-state index in [2.05, 4.69) is 93.8 Å². The van der Waals surface area contributed by atoms with Gasteiger partial charge in [-0.15, -0.1) is 22.7 Å². The van der Waals surface area contributed by atoms with E-state index in [1.54, 1.807) is 78.3 Å². The molecule has 10 aromatic heterocycles. The molecule has 0 spiro atoms. The number of hydrogen-bond donors (Lipinski definition) is 0. The van der Waals surface area contributed by atoms with Crippen molar-refractivity contribution in [2.75, 3.05) is 0 Å². The van der Waals surface area contributed by atoms with Gasteiger partial charge in [0.25, 0.3) is 0 Å². The number of nitrogens with zero attached hydrogens (tertiary/aromatic N) is 15. The van der Waals surface area contributed by atoms with Gasteiger partial charge >= 0.3 is 0 Å². The predicted octanol–water partition coefficient (Wildman–Crippen LogP) is 11.6. The molecule has 0 fully saturated rings. The highest BCUT2D eigenvalue weighted by molar-refractivity contribution is 7.09. The Hall–Kier alpha value is -7.89. The zero-order valence-electron chi connectivity index (χ0n) is 42.3. The maximum Gasteiger partial charge on any atom is 0.128 e. The molecule has 0 N–H and O–H groups in total. The Morgan fingerprint density at radius 3 is 1.21 bits per heavy atom. The third-order valence-electron chi connectivity index (χ3n) is 7.75. The van der Waals surface area contributed by atoms with Gasteiger partial charge in [0, 0.05) is 108 Å². The van der Waals surface area contributed by atoms with Gasteiger partial charge in [0.05, 0.1) is 10.5 Å². The summed E-state index contributed by atoms with van der Waals surface area (Å²) in [6.45, 7) is 23.7. The Labute approximate surface area is 422 Å². The highest BCUT2D eigenvalue weighted by atomic mass is 32.1. The molecule has 0 saturated heterocycles. The highest BCUT2D eigenvalue weighted by Gasteiger charge is 1.86. The van der Waals surface area contributed by atoms with Crippen LogP contribution in [0.1, 0.15) is 66.4 Å². The summed E-state index contributed by atoms with van der Waals surface area (Å²) < 4.78 is 0. The van der Waals surface area contributed by atoms with E-state index < -0.39 is 0 Å². The molecule has 0 bridgehead atoms. The van der Waals surface area contributed by atoms with Crippen molar-refractivity contribution in [2.24, 2.45) is 0 Å². The first-order valence-corrected chi connectivity index (χ1v) is 23.5. The molecule has 70 heavy (non-hydrogen) atoms. The van der Waals surface area contributed by atoms with Crippen molar-refractivity contribution < 1.29 is 0 Å². The quantitative estimate of drug-likeness (QED) is 0.139. The zero-order valence-corrected chi connectivity index (χ0v) is 43.9. The Balaban J connectivity index is 0.000000389. The summed E-state index contributed by atoms with van der Waals surface area (Å²) in [4.78, 5) is 59.0. The minimum absolute atomic E-state index is 0.759. The van der Waals surface area contributed by atoms with Gasteiger partial charge in [0.1, 0.15) is 37.0 Å². The van der Waals surface area contributed by atoms with E-state index in [1.807, 2.05) is 161 Å². The summed E-state index contributed by atoms with van der Waals surface area (Å²) >= 11 is 3.33. The lowest BCUT2D eigenvalue weighted by molar-refractivity contribution is 0.974. The van der Waals surface area contributed by atoms with Crippen LogP contribution in [0.15, 0.2) is 177 Å². The number of aromatic nitrogens is 15. The van der Waals surface area contributed by atoms with Crippen LogP contribution in [0.3, 0.4) is 0 Å². The first kappa shape index (κ1) is 60.1. The average molecular weight is 976 g/mol. The molecular weight excluding hydrogens is 911 g/mol. The third-order valence-corrected chi connectivity index (χ3v) is 9.16. The monoisotopic (exact) mass is 975 g/mol. The molecule has 364 valence electrons. The summed E-state index contributed by atoms with van der Waals surface area (Å²) in [6, 6.07) is 19.6. The normalized spacial score (nSPS) is 8.86. The molecule has 0 unspecified atom stereocenters. The summed E-state index contributed by atoms with van der Waals surface area (Å²) in [5.74, 6) is 1.58. The highest BCUT2D eigenvalue weighted by Crippen LogP contribution is 2.01. The summed E-state index contributed by atoms with van der Waals surface area (Å²) in [7, 11) is 0. The van der Waals surface area contributed by atoms with E-state index in [9.17, 15) is 0 Å². The van der Waals surface area contributed by atoms with E-state index in [-0.39, 0.29) is 0 Å². The molecule has 15 nitrogen and oxygen atoms in total. The first-order chi connectivity index (χ1) is 33.7. The van der Waals surface area contributed by atoms with Gasteiger partial charge < -0.3 is 0 Å². The Morgan fingerprint density at radius 1 is 0.343 bits per heavy atom. The number of thiazole rings is 2. The van der Waals surface area contributed by atoms with Crippen molar-refractivity contribution in [3.8, 4) is 0 Å². The predicted molar refractivity (Wildman–Crippen MR) is 284 cm³/mol. The number of aryl methyl sites for hydroxylation is 12. The minimum atomic E-state index is 0.759. The van der Waals surface area contributed by atoms with E-state index in [0.717, 1.165) is 39.3 Å². The first-order valence-electron chi connectivity index (χ1n) is 21.7. The van der Waals surface area contributed by atoms with Gasteiger partial charge in [-0.3, -0.25) is 29.9 Å². The molecule has 0 aromatic carbocycles. The lowest BCUT2D eigenvalue weighted by atomic mass is 10.2. The van der Waals surface area contributed by atoms with Crippen LogP contribution in [-0.2, 0) is 0 Å². The van der Waals surface area contributed by atoms with Crippen LogP contribution in [0.25, 0.3) is 0 Å². The Kier molecular flexibility index (Phi) is 34.5.